The number of hydrogen-bond donors (Lipinski definition) is 1. The van der Waals surface area contributed by atoms with Crippen molar-refractivity contribution in [3.63, 3.8) is 0 Å². The van der Waals surface area contributed by atoms with Crippen LogP contribution >= 0.6 is 34.2 Å². The van der Waals surface area contributed by atoms with E-state index in [1.807, 2.05) is 19.2 Å². The molecule has 0 aliphatic carbocycles. The molecule has 1 aliphatic heterocycles. The van der Waals surface area contributed by atoms with Crippen molar-refractivity contribution < 1.29 is 0 Å². The number of rotatable bonds is 2. The molecular weight excluding hydrogens is 336 g/mol. The van der Waals surface area contributed by atoms with Crippen LogP contribution in [0, 0.1) is 3.57 Å². The van der Waals surface area contributed by atoms with Crippen molar-refractivity contribution >= 4 is 40.2 Å². The number of guanidine groups is 1. The van der Waals surface area contributed by atoms with Gasteiger partial charge in [-0.15, -0.1) is 0 Å². The van der Waals surface area contributed by atoms with Gasteiger partial charge in [0.05, 0.1) is 11.6 Å². The average molecular weight is 350 g/mol. The molecule has 2 rings (SSSR count). The highest BCUT2D eigenvalue weighted by Crippen LogP contribution is 2.19. The molecule has 0 bridgehead atoms. The molecule has 1 heterocycles. The first-order chi connectivity index (χ1) is 7.66. The second-order valence-electron chi connectivity index (χ2n) is 3.73. The van der Waals surface area contributed by atoms with Crippen molar-refractivity contribution in [1.29, 1.82) is 0 Å². The van der Waals surface area contributed by atoms with Crippen molar-refractivity contribution in [3.8, 4) is 0 Å². The maximum Gasteiger partial charge on any atom is 0.194 e. The second kappa shape index (κ2) is 5.23. The predicted octanol–water partition coefficient (Wildman–Crippen LogP) is 2.34. The summed E-state index contributed by atoms with van der Waals surface area (Å²) < 4.78 is 1.08. The molecular formula is C11H13ClIN3. The van der Waals surface area contributed by atoms with Crippen molar-refractivity contribution in [2.24, 2.45) is 4.99 Å². The third-order valence-corrected chi connectivity index (χ3v) is 4.07. The molecule has 3 nitrogen and oxygen atoms in total. The average Bonchev–Trinajstić information content (AvgIpc) is 2.66. The molecule has 1 aromatic carbocycles. The van der Waals surface area contributed by atoms with E-state index >= 15 is 0 Å². The molecule has 86 valence electrons. The zero-order valence-corrected chi connectivity index (χ0v) is 11.9. The van der Waals surface area contributed by atoms with Gasteiger partial charge in [0, 0.05) is 23.7 Å². The summed E-state index contributed by atoms with van der Waals surface area (Å²) in [6.07, 6.45) is 0. The first kappa shape index (κ1) is 12.0. The Balaban J connectivity index is 1.97. The number of likely N-dealkylation sites (N-methyl/N-ethyl adjacent to an activating group) is 1. The Morgan fingerprint density at radius 2 is 2.38 bits per heavy atom. The number of aliphatic imine (C=N–C) groups is 1. The molecule has 0 radical (unpaired) electrons. The van der Waals surface area contributed by atoms with Gasteiger partial charge in [-0.2, -0.15) is 0 Å². The summed E-state index contributed by atoms with van der Waals surface area (Å²) in [5.74, 6) is 0.967. The van der Waals surface area contributed by atoms with Gasteiger partial charge >= 0.3 is 0 Å². The summed E-state index contributed by atoms with van der Waals surface area (Å²) >= 11 is 8.29. The summed E-state index contributed by atoms with van der Waals surface area (Å²) in [7, 11) is 2.04. The van der Waals surface area contributed by atoms with E-state index in [0.717, 1.165) is 34.2 Å². The topological polar surface area (TPSA) is 27.6 Å². The van der Waals surface area contributed by atoms with E-state index in [-0.39, 0.29) is 0 Å². The molecule has 0 aromatic heterocycles. The zero-order chi connectivity index (χ0) is 11.5. The van der Waals surface area contributed by atoms with Crippen LogP contribution in [0.2, 0.25) is 5.02 Å². The van der Waals surface area contributed by atoms with Crippen LogP contribution in [0.15, 0.2) is 23.2 Å². The lowest BCUT2D eigenvalue weighted by Gasteiger charge is -2.15. The first-order valence-electron chi connectivity index (χ1n) is 5.10. The van der Waals surface area contributed by atoms with Crippen molar-refractivity contribution in [2.45, 2.75) is 6.54 Å². The molecule has 0 saturated heterocycles. The summed E-state index contributed by atoms with van der Waals surface area (Å²) in [6.45, 7) is 2.64. The summed E-state index contributed by atoms with van der Waals surface area (Å²) in [5.41, 5.74) is 1.17. The Bertz CT molecular complexity index is 420. The number of benzene rings is 1. The summed E-state index contributed by atoms with van der Waals surface area (Å²) in [4.78, 5) is 6.49. The maximum absolute atomic E-state index is 6.06. The smallest absolute Gasteiger partial charge is 0.194 e. The van der Waals surface area contributed by atoms with Gasteiger partial charge in [0.25, 0.3) is 0 Å². The van der Waals surface area contributed by atoms with Gasteiger partial charge in [0.15, 0.2) is 5.96 Å². The molecule has 0 amide bonds. The van der Waals surface area contributed by atoms with Gasteiger partial charge in [-0.1, -0.05) is 17.7 Å². The lowest BCUT2D eigenvalue weighted by atomic mass is 10.2. The molecule has 0 saturated carbocycles. The fourth-order valence-corrected chi connectivity index (χ4v) is 2.09. The highest BCUT2D eigenvalue weighted by molar-refractivity contribution is 14.1. The van der Waals surface area contributed by atoms with E-state index in [0.29, 0.717) is 0 Å². The third-order valence-electron chi connectivity index (χ3n) is 2.49. The maximum atomic E-state index is 6.06. The van der Waals surface area contributed by atoms with Crippen LogP contribution in [-0.2, 0) is 6.54 Å². The summed E-state index contributed by atoms with van der Waals surface area (Å²) in [6, 6.07) is 6.10. The Labute approximate surface area is 114 Å². The van der Waals surface area contributed by atoms with E-state index in [2.05, 4.69) is 43.9 Å². The molecule has 1 aromatic rings. The monoisotopic (exact) mass is 349 g/mol. The normalized spacial score (nSPS) is 15.2. The van der Waals surface area contributed by atoms with Crippen LogP contribution in [0.1, 0.15) is 5.56 Å². The Morgan fingerprint density at radius 1 is 1.56 bits per heavy atom. The highest BCUT2D eigenvalue weighted by Gasteiger charge is 2.11. The highest BCUT2D eigenvalue weighted by atomic mass is 127. The number of hydrogen-bond acceptors (Lipinski definition) is 3. The van der Waals surface area contributed by atoms with Crippen LogP contribution in [0.4, 0.5) is 0 Å². The Hall–Kier alpha value is -0.490. The fraction of sp³-hybridized carbons (Fsp3) is 0.364. The van der Waals surface area contributed by atoms with Crippen molar-refractivity contribution in [1.82, 2.24) is 10.2 Å². The van der Waals surface area contributed by atoms with Gasteiger partial charge in [-0.05, 0) is 40.3 Å². The largest absolute Gasteiger partial charge is 0.352 e. The minimum atomic E-state index is 0.764. The van der Waals surface area contributed by atoms with Crippen LogP contribution < -0.4 is 5.32 Å². The first-order valence-corrected chi connectivity index (χ1v) is 6.56. The van der Waals surface area contributed by atoms with Crippen molar-refractivity contribution in [3.05, 3.63) is 32.4 Å². The standard InChI is InChI=1S/C11H13ClIN3/c1-16-5-4-14-11(16)15-7-8-2-3-10(13)9(12)6-8/h2-3,6H,4-5,7H2,1H3,(H,14,15). The summed E-state index contributed by atoms with van der Waals surface area (Å²) in [5, 5.41) is 4.12. The molecule has 0 atom stereocenters. The Kier molecular flexibility index (Phi) is 3.91. The molecule has 0 unspecified atom stereocenters. The third kappa shape index (κ3) is 2.79. The van der Waals surface area contributed by atoms with E-state index in [1.165, 1.54) is 5.56 Å². The molecule has 1 N–H and O–H groups in total. The van der Waals surface area contributed by atoms with E-state index in [1.54, 1.807) is 0 Å². The van der Waals surface area contributed by atoms with Crippen LogP contribution in [0.5, 0.6) is 0 Å². The lowest BCUT2D eigenvalue weighted by molar-refractivity contribution is 0.534. The van der Waals surface area contributed by atoms with Crippen LogP contribution in [-0.4, -0.2) is 31.0 Å². The van der Waals surface area contributed by atoms with Gasteiger partial charge in [0.2, 0.25) is 0 Å². The van der Waals surface area contributed by atoms with Gasteiger partial charge in [-0.25, -0.2) is 0 Å². The van der Waals surface area contributed by atoms with Gasteiger partial charge in [-0.3, -0.25) is 4.99 Å². The van der Waals surface area contributed by atoms with Crippen LogP contribution in [0.25, 0.3) is 0 Å². The van der Waals surface area contributed by atoms with Gasteiger partial charge < -0.3 is 10.2 Å². The zero-order valence-electron chi connectivity index (χ0n) is 9.00. The number of halogens is 2. The van der Waals surface area contributed by atoms with Crippen molar-refractivity contribution in [2.75, 3.05) is 20.1 Å². The lowest BCUT2D eigenvalue weighted by Crippen LogP contribution is -2.35. The molecule has 16 heavy (non-hydrogen) atoms. The molecule has 5 heteroatoms. The van der Waals surface area contributed by atoms with E-state index in [4.69, 9.17) is 11.6 Å². The van der Waals surface area contributed by atoms with Gasteiger partial charge in [0.1, 0.15) is 0 Å². The fourth-order valence-electron chi connectivity index (χ4n) is 1.55. The SMILES string of the molecule is CN1CCN=C1NCc1ccc(I)c(Cl)c1. The number of nitrogens with one attached hydrogen (secondary N) is 1. The van der Waals surface area contributed by atoms with Crippen LogP contribution in [0.3, 0.4) is 0 Å². The Morgan fingerprint density at radius 3 is 3.00 bits per heavy atom. The van der Waals surface area contributed by atoms with E-state index in [9.17, 15) is 0 Å². The second-order valence-corrected chi connectivity index (χ2v) is 5.30. The minimum absolute atomic E-state index is 0.764. The quantitative estimate of drug-likeness (QED) is 0.830. The molecule has 1 aliphatic rings. The predicted molar refractivity (Wildman–Crippen MR) is 75.9 cm³/mol. The molecule has 0 spiro atoms. The molecule has 0 fully saturated rings. The van der Waals surface area contributed by atoms with E-state index < -0.39 is 0 Å². The number of nitrogens with zero attached hydrogens (tertiary/aromatic N) is 2. The minimum Gasteiger partial charge on any atom is -0.352 e.